The molecular formula is C17H14F6N6OS. The summed E-state index contributed by atoms with van der Waals surface area (Å²) in [6.07, 6.45) is -8.58. The highest BCUT2D eigenvalue weighted by Gasteiger charge is 2.35. The first-order chi connectivity index (χ1) is 14.5. The number of carbonyl (C=O) groups is 1. The predicted octanol–water partition coefficient (Wildman–Crippen LogP) is 4.57. The first-order valence-electron chi connectivity index (χ1n) is 8.61. The van der Waals surface area contributed by atoms with Gasteiger partial charge in [0.15, 0.2) is 17.2 Å². The standard InChI is InChI=1S/C17H14F6N6OS/c1-3-31-15-12(26-11-5-4-8(7-29(11)15)16(18,19)20)14(30)25-9-6-10(17(21,22)23)27-28-13(9)24-2/h4-7H,3H2,1-2H3,(H,24,28)(H,25,27,30). The molecule has 0 bridgehead atoms. The largest absolute Gasteiger partial charge is 0.435 e. The van der Waals surface area contributed by atoms with Crippen LogP contribution in [0.15, 0.2) is 29.4 Å². The second-order valence-electron chi connectivity index (χ2n) is 6.04. The van der Waals surface area contributed by atoms with Crippen LogP contribution in [-0.2, 0) is 12.4 Å². The smallest absolute Gasteiger partial charge is 0.370 e. The third-order valence-electron chi connectivity index (χ3n) is 3.97. The lowest BCUT2D eigenvalue weighted by atomic mass is 10.3. The van der Waals surface area contributed by atoms with Gasteiger partial charge in [0.2, 0.25) is 0 Å². The maximum atomic E-state index is 13.1. The van der Waals surface area contributed by atoms with E-state index in [-0.39, 0.29) is 27.9 Å². The van der Waals surface area contributed by atoms with E-state index in [9.17, 15) is 31.1 Å². The number of anilines is 2. The van der Waals surface area contributed by atoms with Crippen molar-refractivity contribution in [1.29, 1.82) is 0 Å². The second kappa shape index (κ2) is 8.24. The average Bonchev–Trinajstić information content (AvgIpc) is 3.05. The van der Waals surface area contributed by atoms with E-state index in [4.69, 9.17) is 0 Å². The number of hydrogen-bond acceptors (Lipinski definition) is 6. The van der Waals surface area contributed by atoms with E-state index in [1.54, 1.807) is 6.92 Å². The topological polar surface area (TPSA) is 84.2 Å². The van der Waals surface area contributed by atoms with Crippen molar-refractivity contribution >= 4 is 34.8 Å². The lowest BCUT2D eigenvalue weighted by Gasteiger charge is -2.12. The fourth-order valence-electron chi connectivity index (χ4n) is 2.61. The van der Waals surface area contributed by atoms with E-state index in [0.29, 0.717) is 11.8 Å². The molecule has 14 heteroatoms. The van der Waals surface area contributed by atoms with E-state index in [0.717, 1.165) is 34.5 Å². The Morgan fingerprint density at radius 1 is 1.13 bits per heavy atom. The predicted molar refractivity (Wildman–Crippen MR) is 101 cm³/mol. The summed E-state index contributed by atoms with van der Waals surface area (Å²) in [6, 6.07) is 2.53. The SMILES string of the molecule is CCSc1c(C(=O)Nc2cc(C(F)(F)F)nnc2NC)nc2ccc(C(F)(F)F)cn12. The molecule has 0 unspecified atom stereocenters. The molecule has 7 nitrogen and oxygen atoms in total. The number of halogens is 6. The number of fused-ring (bicyclic) bond motifs is 1. The van der Waals surface area contributed by atoms with E-state index in [2.05, 4.69) is 25.8 Å². The third-order valence-corrected chi connectivity index (χ3v) is 4.92. The van der Waals surface area contributed by atoms with E-state index in [1.165, 1.54) is 7.05 Å². The molecule has 0 aliphatic heterocycles. The van der Waals surface area contributed by atoms with Crippen molar-refractivity contribution in [3.63, 3.8) is 0 Å². The molecule has 0 saturated carbocycles. The number of pyridine rings is 1. The molecule has 0 aliphatic carbocycles. The third kappa shape index (κ3) is 4.68. The van der Waals surface area contributed by atoms with Crippen molar-refractivity contribution in [2.45, 2.75) is 24.3 Å². The molecule has 3 heterocycles. The highest BCUT2D eigenvalue weighted by Crippen LogP contribution is 2.33. The Morgan fingerprint density at radius 2 is 1.84 bits per heavy atom. The van der Waals surface area contributed by atoms with Gasteiger partial charge in [-0.15, -0.1) is 22.0 Å². The van der Waals surface area contributed by atoms with Gasteiger partial charge < -0.3 is 10.6 Å². The Hall–Kier alpha value is -3.03. The molecule has 0 saturated heterocycles. The van der Waals surface area contributed by atoms with E-state index >= 15 is 0 Å². The molecule has 3 rings (SSSR count). The number of carbonyl (C=O) groups excluding carboxylic acids is 1. The molecule has 1 amide bonds. The minimum Gasteiger partial charge on any atom is -0.370 e. The Balaban J connectivity index is 2.06. The molecule has 0 atom stereocenters. The van der Waals surface area contributed by atoms with Crippen LogP contribution in [0.3, 0.4) is 0 Å². The van der Waals surface area contributed by atoms with Crippen LogP contribution in [0.2, 0.25) is 0 Å². The number of imidazole rings is 1. The summed E-state index contributed by atoms with van der Waals surface area (Å²) in [5.74, 6) is -0.638. The average molecular weight is 464 g/mol. The van der Waals surface area contributed by atoms with Gasteiger partial charge in [-0.1, -0.05) is 6.92 Å². The number of hydrogen-bond donors (Lipinski definition) is 2. The van der Waals surface area contributed by atoms with Crippen LogP contribution in [0.4, 0.5) is 37.8 Å². The van der Waals surface area contributed by atoms with Gasteiger partial charge in [0.25, 0.3) is 5.91 Å². The minimum atomic E-state index is -4.79. The summed E-state index contributed by atoms with van der Waals surface area (Å²) in [5.41, 5.74) is -2.73. The van der Waals surface area contributed by atoms with E-state index < -0.39 is 29.5 Å². The lowest BCUT2D eigenvalue weighted by Crippen LogP contribution is -2.18. The zero-order valence-corrected chi connectivity index (χ0v) is 16.7. The van der Waals surface area contributed by atoms with Crippen LogP contribution in [-0.4, -0.2) is 38.3 Å². The summed E-state index contributed by atoms with van der Waals surface area (Å²) in [5, 5.41) is 11.4. The van der Waals surface area contributed by atoms with Gasteiger partial charge in [-0.25, -0.2) is 4.98 Å². The molecule has 0 fully saturated rings. The van der Waals surface area contributed by atoms with Gasteiger partial charge in [0.05, 0.1) is 11.3 Å². The molecule has 0 spiro atoms. The van der Waals surface area contributed by atoms with Crippen molar-refractivity contribution in [3.8, 4) is 0 Å². The first-order valence-corrected chi connectivity index (χ1v) is 9.60. The quantitative estimate of drug-likeness (QED) is 0.425. The number of amides is 1. The number of aromatic nitrogens is 4. The number of nitrogens with one attached hydrogen (secondary N) is 2. The van der Waals surface area contributed by atoms with Crippen LogP contribution >= 0.6 is 11.8 Å². The zero-order valence-electron chi connectivity index (χ0n) is 15.9. The summed E-state index contributed by atoms with van der Waals surface area (Å²) in [4.78, 5) is 16.9. The fourth-order valence-corrected chi connectivity index (χ4v) is 3.44. The van der Waals surface area contributed by atoms with Crippen LogP contribution in [0.25, 0.3) is 5.65 Å². The molecule has 31 heavy (non-hydrogen) atoms. The summed E-state index contributed by atoms with van der Waals surface area (Å²) in [7, 11) is 1.37. The van der Waals surface area contributed by atoms with Gasteiger partial charge in [-0.05, 0) is 24.0 Å². The highest BCUT2D eigenvalue weighted by atomic mass is 32.2. The van der Waals surface area contributed by atoms with Crippen LogP contribution in [0, 0.1) is 0 Å². The zero-order chi connectivity index (χ0) is 23.0. The molecule has 0 aliphatic rings. The van der Waals surface area contributed by atoms with Crippen molar-refractivity contribution in [2.75, 3.05) is 23.4 Å². The first kappa shape index (κ1) is 22.7. The summed E-state index contributed by atoms with van der Waals surface area (Å²) in [6.45, 7) is 1.72. The normalized spacial score (nSPS) is 12.3. The Labute approximate surface area is 175 Å². The number of thioether (sulfide) groups is 1. The van der Waals surface area contributed by atoms with Crippen molar-refractivity contribution in [1.82, 2.24) is 19.6 Å². The highest BCUT2D eigenvalue weighted by molar-refractivity contribution is 7.99. The van der Waals surface area contributed by atoms with Gasteiger partial charge in [0, 0.05) is 13.2 Å². The van der Waals surface area contributed by atoms with Gasteiger partial charge in [-0.3, -0.25) is 9.20 Å². The minimum absolute atomic E-state index is 0.0757. The van der Waals surface area contributed by atoms with Crippen LogP contribution in [0.5, 0.6) is 0 Å². The monoisotopic (exact) mass is 464 g/mol. The molecular weight excluding hydrogens is 450 g/mol. The maximum absolute atomic E-state index is 13.1. The molecule has 0 aromatic carbocycles. The van der Waals surface area contributed by atoms with Gasteiger partial charge >= 0.3 is 12.4 Å². The molecule has 2 N–H and O–H groups in total. The Morgan fingerprint density at radius 3 is 2.42 bits per heavy atom. The second-order valence-corrected chi connectivity index (χ2v) is 7.29. The Bertz CT molecular complexity index is 1130. The van der Waals surface area contributed by atoms with Crippen molar-refractivity contribution < 1.29 is 31.1 Å². The molecule has 166 valence electrons. The van der Waals surface area contributed by atoms with Gasteiger partial charge in [0.1, 0.15) is 10.7 Å². The van der Waals surface area contributed by atoms with Gasteiger partial charge in [-0.2, -0.15) is 26.3 Å². The van der Waals surface area contributed by atoms with Crippen molar-refractivity contribution in [3.05, 3.63) is 41.3 Å². The summed E-state index contributed by atoms with van der Waals surface area (Å²) >= 11 is 1.06. The maximum Gasteiger partial charge on any atom is 0.435 e. The lowest BCUT2D eigenvalue weighted by molar-refractivity contribution is -0.141. The Kier molecular flexibility index (Phi) is 6.02. The number of alkyl halides is 6. The number of rotatable bonds is 5. The molecule has 3 aromatic heterocycles. The number of nitrogens with zero attached hydrogens (tertiary/aromatic N) is 4. The van der Waals surface area contributed by atoms with E-state index in [1.807, 2.05) is 0 Å². The van der Waals surface area contributed by atoms with Crippen LogP contribution in [0.1, 0.15) is 28.7 Å². The molecule has 0 radical (unpaired) electrons. The molecule has 3 aromatic rings. The fraction of sp³-hybridized carbons (Fsp3) is 0.294. The van der Waals surface area contributed by atoms with Crippen LogP contribution < -0.4 is 10.6 Å². The van der Waals surface area contributed by atoms with Crippen molar-refractivity contribution in [2.24, 2.45) is 0 Å². The summed E-state index contributed by atoms with van der Waals surface area (Å²) < 4.78 is 79.2.